The fourth-order valence-corrected chi connectivity index (χ4v) is 3.28. The molecule has 0 bridgehead atoms. The van der Waals surface area contributed by atoms with E-state index < -0.39 is 46.0 Å². The Balaban J connectivity index is 1.61. The molecule has 0 saturated carbocycles. The largest absolute Gasteiger partial charge is 0.489 e. The molecule has 0 fully saturated rings. The Morgan fingerprint density at radius 3 is 1.83 bits per heavy atom. The minimum atomic E-state index is -1.03. The van der Waals surface area contributed by atoms with Gasteiger partial charge in [-0.25, -0.2) is 26.3 Å². The molecular weight excluding hydrogens is 478 g/mol. The summed E-state index contributed by atoms with van der Waals surface area (Å²) in [6.07, 6.45) is 1.41. The molecule has 7 heteroatoms. The van der Waals surface area contributed by atoms with Crippen molar-refractivity contribution in [3.05, 3.63) is 124 Å². The second kappa shape index (κ2) is 10.3. The van der Waals surface area contributed by atoms with Gasteiger partial charge in [-0.15, -0.1) is 0 Å². The van der Waals surface area contributed by atoms with Crippen molar-refractivity contribution in [3.8, 4) is 29.4 Å². The Kier molecular flexibility index (Phi) is 7.03. The van der Waals surface area contributed by atoms with Crippen LogP contribution in [-0.4, -0.2) is 6.61 Å². The van der Waals surface area contributed by atoms with Gasteiger partial charge in [0.1, 0.15) is 35.6 Å². The van der Waals surface area contributed by atoms with Gasteiger partial charge in [-0.1, -0.05) is 48.5 Å². The summed E-state index contributed by atoms with van der Waals surface area (Å²) in [5.41, 5.74) is -0.975. The van der Waals surface area contributed by atoms with Crippen molar-refractivity contribution in [1.29, 1.82) is 0 Å². The number of fused-ring (bicyclic) bond motifs is 1. The normalized spacial score (nSPS) is 10.3. The van der Waals surface area contributed by atoms with E-state index in [0.717, 1.165) is 30.3 Å². The van der Waals surface area contributed by atoms with Gasteiger partial charge >= 0.3 is 0 Å². The minimum absolute atomic E-state index is 0.0487. The first-order valence-electron chi connectivity index (χ1n) is 10.4. The second-order valence-corrected chi connectivity index (χ2v) is 7.47. The molecule has 0 aliphatic heterocycles. The fourth-order valence-electron chi connectivity index (χ4n) is 3.28. The van der Waals surface area contributed by atoms with Crippen LogP contribution in [0.3, 0.4) is 0 Å². The Bertz CT molecular complexity index is 1590. The first kappa shape index (κ1) is 24.5. The Morgan fingerprint density at radius 2 is 1.22 bits per heavy atom. The Hall–Kier alpha value is -4.62. The second-order valence-electron chi connectivity index (χ2n) is 7.47. The number of ether oxygens (including phenoxy) is 1. The molecule has 0 atom stereocenters. The van der Waals surface area contributed by atoms with Crippen molar-refractivity contribution in [1.82, 2.24) is 0 Å². The average Bonchev–Trinajstić information content (AvgIpc) is 2.84. The molecular formula is C29H14F6O. The summed E-state index contributed by atoms with van der Waals surface area (Å²) in [4.78, 5) is 0. The third kappa shape index (κ3) is 5.21. The topological polar surface area (TPSA) is 9.23 Å². The van der Waals surface area contributed by atoms with E-state index in [0.29, 0.717) is 10.9 Å². The van der Waals surface area contributed by atoms with E-state index in [-0.39, 0.29) is 23.3 Å². The van der Waals surface area contributed by atoms with Crippen LogP contribution in [0.5, 0.6) is 5.75 Å². The monoisotopic (exact) mass is 492 g/mol. The lowest BCUT2D eigenvalue weighted by Gasteiger charge is -2.05. The highest BCUT2D eigenvalue weighted by molar-refractivity contribution is 5.84. The van der Waals surface area contributed by atoms with Gasteiger partial charge in [-0.05, 0) is 35.7 Å². The van der Waals surface area contributed by atoms with Crippen LogP contribution in [0, 0.1) is 58.6 Å². The molecule has 0 N–H and O–H groups in total. The maximum absolute atomic E-state index is 14.5. The number of benzene rings is 4. The Morgan fingerprint density at radius 1 is 0.639 bits per heavy atom. The predicted molar refractivity (Wildman–Crippen MR) is 124 cm³/mol. The first-order chi connectivity index (χ1) is 17.3. The summed E-state index contributed by atoms with van der Waals surface area (Å²) in [7, 11) is 0. The van der Waals surface area contributed by atoms with Crippen molar-refractivity contribution in [2.24, 2.45) is 0 Å². The molecule has 0 spiro atoms. The fraction of sp³-hybridized carbons (Fsp3) is 0.0345. The van der Waals surface area contributed by atoms with Gasteiger partial charge in [0.25, 0.3) is 0 Å². The van der Waals surface area contributed by atoms with Gasteiger partial charge in [0.15, 0.2) is 11.6 Å². The molecule has 36 heavy (non-hydrogen) atoms. The number of hydrogen-bond acceptors (Lipinski definition) is 1. The molecule has 4 aromatic carbocycles. The summed E-state index contributed by atoms with van der Waals surface area (Å²) in [6, 6.07) is 10.1. The van der Waals surface area contributed by atoms with Crippen LogP contribution in [0.4, 0.5) is 26.3 Å². The molecule has 0 heterocycles. The van der Waals surface area contributed by atoms with Crippen molar-refractivity contribution < 1.29 is 31.1 Å². The van der Waals surface area contributed by atoms with E-state index in [1.54, 1.807) is 0 Å². The van der Waals surface area contributed by atoms with Crippen LogP contribution < -0.4 is 4.74 Å². The molecule has 0 aromatic heterocycles. The van der Waals surface area contributed by atoms with Crippen LogP contribution in [0.1, 0.15) is 22.3 Å². The van der Waals surface area contributed by atoms with E-state index >= 15 is 0 Å². The highest BCUT2D eigenvalue weighted by Gasteiger charge is 2.12. The summed E-state index contributed by atoms with van der Waals surface area (Å²) in [5, 5.41) is 0.416. The molecule has 0 aliphatic carbocycles. The maximum atomic E-state index is 14.5. The highest BCUT2D eigenvalue weighted by Crippen LogP contribution is 2.23. The minimum Gasteiger partial charge on any atom is -0.489 e. The zero-order valence-electron chi connectivity index (χ0n) is 18.4. The van der Waals surface area contributed by atoms with Crippen LogP contribution in [0.25, 0.3) is 10.8 Å². The third-order valence-corrected chi connectivity index (χ3v) is 5.00. The summed E-state index contributed by atoms with van der Waals surface area (Å²) >= 11 is 0. The molecule has 4 aromatic rings. The number of halogens is 6. The number of rotatable bonds is 3. The van der Waals surface area contributed by atoms with Gasteiger partial charge in [-0.2, -0.15) is 0 Å². The summed E-state index contributed by atoms with van der Waals surface area (Å²) in [5.74, 6) is 3.42. The highest BCUT2D eigenvalue weighted by atomic mass is 19.2. The zero-order valence-corrected chi connectivity index (χ0v) is 18.4. The lowest BCUT2D eigenvalue weighted by molar-refractivity contribution is 0.358. The van der Waals surface area contributed by atoms with Crippen LogP contribution in [0.2, 0.25) is 0 Å². The van der Waals surface area contributed by atoms with Crippen molar-refractivity contribution in [2.45, 2.75) is 0 Å². The van der Waals surface area contributed by atoms with E-state index in [1.165, 1.54) is 30.3 Å². The van der Waals surface area contributed by atoms with E-state index in [9.17, 15) is 26.3 Å². The van der Waals surface area contributed by atoms with Crippen LogP contribution >= 0.6 is 0 Å². The van der Waals surface area contributed by atoms with E-state index in [2.05, 4.69) is 30.3 Å². The standard InChI is InChI=1S/C29H14F6O/c1-2-11-36-20-15-27(33)23(28(34)16-20)9-5-18-13-25(31)22(26(32)14-18)8-4-17-3-7-21-19(12-17)6-10-24(30)29(21)35/h2-3,6-7,10,12-16H,1,11H2. The van der Waals surface area contributed by atoms with Crippen molar-refractivity contribution in [3.63, 3.8) is 0 Å². The lowest BCUT2D eigenvalue weighted by Crippen LogP contribution is -1.97. The van der Waals surface area contributed by atoms with Gasteiger partial charge in [0.05, 0.1) is 11.1 Å². The molecule has 178 valence electrons. The number of hydrogen-bond donors (Lipinski definition) is 0. The molecule has 0 radical (unpaired) electrons. The predicted octanol–water partition coefficient (Wildman–Crippen LogP) is 7.04. The summed E-state index contributed by atoms with van der Waals surface area (Å²) < 4.78 is 89.8. The third-order valence-electron chi connectivity index (χ3n) is 5.00. The van der Waals surface area contributed by atoms with Gasteiger partial charge in [-0.3, -0.25) is 0 Å². The Labute approximate surface area is 202 Å². The molecule has 1 nitrogen and oxygen atoms in total. The SMILES string of the molecule is C=CCOc1cc(F)c(C#Cc2cc(F)c(C#Cc3ccc4c(F)c(F)ccc4c3)c(F)c2)c(F)c1. The van der Waals surface area contributed by atoms with Gasteiger partial charge < -0.3 is 4.74 Å². The maximum Gasteiger partial charge on any atom is 0.166 e. The van der Waals surface area contributed by atoms with Gasteiger partial charge in [0.2, 0.25) is 0 Å². The van der Waals surface area contributed by atoms with Crippen LogP contribution in [0.15, 0.2) is 67.3 Å². The zero-order chi connectivity index (χ0) is 25.8. The molecule has 0 amide bonds. The van der Waals surface area contributed by atoms with Crippen molar-refractivity contribution >= 4 is 10.8 Å². The molecule has 0 saturated heterocycles. The molecule has 0 aliphatic rings. The van der Waals surface area contributed by atoms with Crippen LogP contribution in [-0.2, 0) is 0 Å². The first-order valence-corrected chi connectivity index (χ1v) is 10.4. The average molecular weight is 492 g/mol. The summed E-state index contributed by atoms with van der Waals surface area (Å²) in [6.45, 7) is 3.49. The van der Waals surface area contributed by atoms with Crippen molar-refractivity contribution in [2.75, 3.05) is 6.61 Å². The smallest absolute Gasteiger partial charge is 0.166 e. The van der Waals surface area contributed by atoms with E-state index in [1.807, 2.05) is 0 Å². The molecule has 4 rings (SSSR count). The molecule has 0 unspecified atom stereocenters. The van der Waals surface area contributed by atoms with Gasteiger partial charge in [0, 0.05) is 28.6 Å². The lowest BCUT2D eigenvalue weighted by atomic mass is 10.1. The van der Waals surface area contributed by atoms with E-state index in [4.69, 9.17) is 4.74 Å². The quantitative estimate of drug-likeness (QED) is 0.169.